The van der Waals surface area contributed by atoms with Gasteiger partial charge < -0.3 is 15.2 Å². The van der Waals surface area contributed by atoms with Crippen LogP contribution in [-0.4, -0.2) is 35.7 Å². The van der Waals surface area contributed by atoms with Crippen molar-refractivity contribution in [3.63, 3.8) is 0 Å². The summed E-state index contributed by atoms with van der Waals surface area (Å²) in [6, 6.07) is 8.84. The Labute approximate surface area is 156 Å². The largest absolute Gasteiger partial charge is 0.357 e. The number of hydrogen-bond acceptors (Lipinski definition) is 4. The lowest BCUT2D eigenvalue weighted by atomic mass is 9.84. The first-order valence-corrected chi connectivity index (χ1v) is 9.35. The first kappa shape index (κ1) is 19.9. The van der Waals surface area contributed by atoms with Crippen LogP contribution in [-0.2, 0) is 18.3 Å². The molecular formula is C20H31N5O. The van der Waals surface area contributed by atoms with Gasteiger partial charge in [-0.25, -0.2) is 0 Å². The molecule has 1 aromatic carbocycles. The topological polar surface area (TPSA) is 75.3 Å². The molecule has 1 aromatic heterocycles. The first-order valence-electron chi connectivity index (χ1n) is 9.35. The third kappa shape index (κ3) is 5.86. The van der Waals surface area contributed by atoms with Gasteiger partial charge in [0.2, 0.25) is 5.89 Å². The highest BCUT2D eigenvalue weighted by atomic mass is 16.5. The highest BCUT2D eigenvalue weighted by Gasteiger charge is 2.20. The molecule has 0 aliphatic heterocycles. The molecule has 6 heteroatoms. The third-order valence-corrected chi connectivity index (χ3v) is 4.32. The molecule has 0 atom stereocenters. The van der Waals surface area contributed by atoms with Crippen molar-refractivity contribution in [3.8, 4) is 0 Å². The van der Waals surface area contributed by atoms with Crippen molar-refractivity contribution in [1.82, 2.24) is 20.8 Å². The molecule has 0 bridgehead atoms. The highest BCUT2D eigenvalue weighted by Crippen LogP contribution is 2.24. The van der Waals surface area contributed by atoms with Crippen LogP contribution in [0.25, 0.3) is 0 Å². The molecule has 0 fully saturated rings. The molecule has 26 heavy (non-hydrogen) atoms. The zero-order valence-electron chi connectivity index (χ0n) is 16.6. The number of aromatic nitrogens is 2. The van der Waals surface area contributed by atoms with Crippen molar-refractivity contribution in [3.05, 3.63) is 47.1 Å². The fourth-order valence-electron chi connectivity index (χ4n) is 2.63. The molecule has 142 valence electrons. The minimum atomic E-state index is -0.0295. The van der Waals surface area contributed by atoms with E-state index in [9.17, 15) is 0 Å². The summed E-state index contributed by atoms with van der Waals surface area (Å²) in [5.41, 5.74) is 2.63. The molecule has 6 nitrogen and oxygen atoms in total. The van der Waals surface area contributed by atoms with Gasteiger partial charge in [-0.1, -0.05) is 50.2 Å². The number of benzene rings is 1. The van der Waals surface area contributed by atoms with Gasteiger partial charge in [-0.05, 0) is 31.4 Å². The normalized spacial score (nSPS) is 12.3. The van der Waals surface area contributed by atoms with Crippen molar-refractivity contribution in [2.45, 2.75) is 52.9 Å². The van der Waals surface area contributed by atoms with E-state index >= 15 is 0 Å². The summed E-state index contributed by atoms with van der Waals surface area (Å²) >= 11 is 0. The number of hydrogen-bond donors (Lipinski definition) is 2. The minimum absolute atomic E-state index is 0.0295. The zero-order valence-corrected chi connectivity index (χ0v) is 16.6. The lowest BCUT2D eigenvalue weighted by Crippen LogP contribution is -2.39. The summed E-state index contributed by atoms with van der Waals surface area (Å²) in [4.78, 5) is 8.98. The molecule has 2 N–H and O–H groups in total. The summed E-state index contributed by atoms with van der Waals surface area (Å²) < 4.78 is 5.14. The average Bonchev–Trinajstić information content (AvgIpc) is 3.05. The van der Waals surface area contributed by atoms with E-state index in [4.69, 9.17) is 9.52 Å². The van der Waals surface area contributed by atoms with Crippen LogP contribution in [0.5, 0.6) is 0 Å². The van der Waals surface area contributed by atoms with Crippen molar-refractivity contribution >= 4 is 5.96 Å². The Morgan fingerprint density at radius 1 is 1.15 bits per heavy atom. The van der Waals surface area contributed by atoms with Gasteiger partial charge in [-0.2, -0.15) is 4.98 Å². The Balaban J connectivity index is 1.94. The molecule has 0 unspecified atom stereocenters. The fourth-order valence-corrected chi connectivity index (χ4v) is 2.63. The van der Waals surface area contributed by atoms with E-state index in [0.717, 1.165) is 18.9 Å². The monoisotopic (exact) mass is 357 g/mol. The Kier molecular flexibility index (Phi) is 7.18. The van der Waals surface area contributed by atoms with E-state index in [-0.39, 0.29) is 5.41 Å². The maximum absolute atomic E-state index is 5.14. The van der Waals surface area contributed by atoms with Crippen LogP contribution in [0.2, 0.25) is 0 Å². The standard InChI is InChI=1S/C20H31N5O/c1-6-16-8-10-17(11-9-16)20(4,5)14-23-19(21-7-2)22-13-12-18-24-15(3)25-26-18/h8-11H,6-7,12-14H2,1-5H3,(H2,21,22,23). The predicted molar refractivity (Wildman–Crippen MR) is 106 cm³/mol. The number of nitrogens with one attached hydrogen (secondary N) is 2. The Morgan fingerprint density at radius 3 is 2.46 bits per heavy atom. The van der Waals surface area contributed by atoms with E-state index in [1.54, 1.807) is 0 Å². The molecule has 0 spiro atoms. The van der Waals surface area contributed by atoms with E-state index in [1.807, 2.05) is 6.92 Å². The quantitative estimate of drug-likeness (QED) is 0.561. The van der Waals surface area contributed by atoms with Gasteiger partial charge >= 0.3 is 0 Å². The second kappa shape index (κ2) is 9.36. The van der Waals surface area contributed by atoms with Gasteiger partial charge in [0.1, 0.15) is 0 Å². The van der Waals surface area contributed by atoms with Crippen LogP contribution in [0.3, 0.4) is 0 Å². The van der Waals surface area contributed by atoms with Crippen LogP contribution in [0.4, 0.5) is 0 Å². The van der Waals surface area contributed by atoms with Crippen molar-refractivity contribution in [2.24, 2.45) is 4.99 Å². The summed E-state index contributed by atoms with van der Waals surface area (Å²) in [5.74, 6) is 2.11. The number of guanidine groups is 1. The lowest BCUT2D eigenvalue weighted by Gasteiger charge is -2.24. The summed E-state index contributed by atoms with van der Waals surface area (Å²) in [6.45, 7) is 12.7. The maximum atomic E-state index is 5.14. The van der Waals surface area contributed by atoms with Gasteiger partial charge in [-0.3, -0.25) is 4.99 Å². The number of aryl methyl sites for hydroxylation is 2. The molecule has 1 heterocycles. The Bertz CT molecular complexity index is 703. The minimum Gasteiger partial charge on any atom is -0.357 e. The van der Waals surface area contributed by atoms with Crippen LogP contribution < -0.4 is 10.6 Å². The van der Waals surface area contributed by atoms with Crippen LogP contribution in [0.1, 0.15) is 50.5 Å². The van der Waals surface area contributed by atoms with Gasteiger partial charge in [0.05, 0.1) is 6.54 Å². The van der Waals surface area contributed by atoms with E-state index in [0.29, 0.717) is 31.2 Å². The van der Waals surface area contributed by atoms with Crippen LogP contribution >= 0.6 is 0 Å². The van der Waals surface area contributed by atoms with E-state index < -0.39 is 0 Å². The molecule has 2 aromatic rings. The smallest absolute Gasteiger partial charge is 0.228 e. The fraction of sp³-hybridized carbons (Fsp3) is 0.550. The van der Waals surface area contributed by atoms with Crippen LogP contribution in [0, 0.1) is 6.92 Å². The van der Waals surface area contributed by atoms with Crippen molar-refractivity contribution in [1.29, 1.82) is 0 Å². The van der Waals surface area contributed by atoms with Gasteiger partial charge in [0.25, 0.3) is 0 Å². The summed E-state index contributed by atoms with van der Waals surface area (Å²) in [6.07, 6.45) is 1.74. The zero-order chi connectivity index (χ0) is 19.0. The molecule has 0 amide bonds. The number of aliphatic imine (C=N–C) groups is 1. The second-order valence-electron chi connectivity index (χ2n) is 7.04. The highest BCUT2D eigenvalue weighted by molar-refractivity contribution is 5.79. The molecule has 0 aliphatic carbocycles. The number of nitrogens with zero attached hydrogens (tertiary/aromatic N) is 3. The molecule has 2 rings (SSSR count). The molecule has 0 radical (unpaired) electrons. The van der Waals surface area contributed by atoms with Gasteiger partial charge in [0.15, 0.2) is 11.8 Å². The Morgan fingerprint density at radius 2 is 1.88 bits per heavy atom. The third-order valence-electron chi connectivity index (χ3n) is 4.32. The lowest BCUT2D eigenvalue weighted by molar-refractivity contribution is 0.374. The summed E-state index contributed by atoms with van der Waals surface area (Å²) in [5, 5.41) is 10.4. The molecular weight excluding hydrogens is 326 g/mol. The Hall–Kier alpha value is -2.37. The number of rotatable bonds is 8. The summed E-state index contributed by atoms with van der Waals surface area (Å²) in [7, 11) is 0. The first-order chi connectivity index (χ1) is 12.4. The second-order valence-corrected chi connectivity index (χ2v) is 7.04. The maximum Gasteiger partial charge on any atom is 0.228 e. The SMILES string of the molecule is CCNC(=NCC(C)(C)c1ccc(CC)cc1)NCCc1nc(C)no1. The van der Waals surface area contributed by atoms with Gasteiger partial charge in [0, 0.05) is 24.9 Å². The average molecular weight is 358 g/mol. The van der Waals surface area contributed by atoms with Crippen molar-refractivity contribution < 1.29 is 4.52 Å². The van der Waals surface area contributed by atoms with E-state index in [2.05, 4.69) is 72.7 Å². The molecule has 0 saturated heterocycles. The molecule has 0 saturated carbocycles. The molecule has 0 aliphatic rings. The van der Waals surface area contributed by atoms with Gasteiger partial charge in [-0.15, -0.1) is 0 Å². The van der Waals surface area contributed by atoms with Crippen LogP contribution in [0.15, 0.2) is 33.8 Å². The van der Waals surface area contributed by atoms with E-state index in [1.165, 1.54) is 11.1 Å². The van der Waals surface area contributed by atoms with Crippen molar-refractivity contribution in [2.75, 3.05) is 19.6 Å². The predicted octanol–water partition coefficient (Wildman–Crippen LogP) is 3.02.